The Balaban J connectivity index is 1.40. The summed E-state index contributed by atoms with van der Waals surface area (Å²) in [6.07, 6.45) is 5.94. The van der Waals surface area contributed by atoms with Crippen molar-refractivity contribution in [2.75, 3.05) is 31.5 Å². The summed E-state index contributed by atoms with van der Waals surface area (Å²) in [5.41, 5.74) is 3.25. The fraction of sp³-hybridized carbons (Fsp3) is 0.360. The second-order valence-corrected chi connectivity index (χ2v) is 8.23. The summed E-state index contributed by atoms with van der Waals surface area (Å²) >= 11 is 0. The van der Waals surface area contributed by atoms with E-state index in [1.807, 2.05) is 6.07 Å². The SMILES string of the molecule is c1ccc(Cc2nc(NCCCN3CCCCC3)c3c(n2)[nH]c2ccccc23)cc1. The third-order valence-corrected chi connectivity index (χ3v) is 6.00. The predicted molar refractivity (Wildman–Crippen MR) is 124 cm³/mol. The second kappa shape index (κ2) is 8.84. The first-order valence-electron chi connectivity index (χ1n) is 11.1. The lowest BCUT2D eigenvalue weighted by molar-refractivity contribution is 0.228. The molecule has 1 saturated heterocycles. The maximum Gasteiger partial charge on any atom is 0.144 e. The first-order valence-corrected chi connectivity index (χ1v) is 11.1. The molecule has 5 heteroatoms. The van der Waals surface area contributed by atoms with Gasteiger partial charge in [0.25, 0.3) is 0 Å². The highest BCUT2D eigenvalue weighted by molar-refractivity contribution is 6.11. The van der Waals surface area contributed by atoms with Gasteiger partial charge in [0.2, 0.25) is 0 Å². The minimum absolute atomic E-state index is 0.731. The van der Waals surface area contributed by atoms with E-state index in [-0.39, 0.29) is 0 Å². The summed E-state index contributed by atoms with van der Waals surface area (Å²) in [5, 5.41) is 5.91. The van der Waals surface area contributed by atoms with E-state index in [0.717, 1.165) is 54.1 Å². The van der Waals surface area contributed by atoms with Crippen molar-refractivity contribution in [3.8, 4) is 0 Å². The van der Waals surface area contributed by atoms with Crippen LogP contribution in [0.15, 0.2) is 54.6 Å². The smallest absolute Gasteiger partial charge is 0.144 e. The zero-order chi connectivity index (χ0) is 20.2. The Hall–Kier alpha value is -2.92. The molecule has 0 atom stereocenters. The van der Waals surface area contributed by atoms with E-state index >= 15 is 0 Å². The minimum atomic E-state index is 0.731. The molecule has 154 valence electrons. The number of benzene rings is 2. The number of nitrogens with zero attached hydrogens (tertiary/aromatic N) is 3. The molecule has 5 rings (SSSR count). The normalized spacial score (nSPS) is 15.1. The van der Waals surface area contributed by atoms with Crippen molar-refractivity contribution < 1.29 is 0 Å². The zero-order valence-electron chi connectivity index (χ0n) is 17.4. The van der Waals surface area contributed by atoms with Gasteiger partial charge in [0.15, 0.2) is 0 Å². The van der Waals surface area contributed by atoms with Crippen molar-refractivity contribution >= 4 is 27.8 Å². The number of piperidine rings is 1. The van der Waals surface area contributed by atoms with E-state index in [9.17, 15) is 0 Å². The van der Waals surface area contributed by atoms with Crippen molar-refractivity contribution in [1.82, 2.24) is 19.9 Å². The number of anilines is 1. The summed E-state index contributed by atoms with van der Waals surface area (Å²) in [6.45, 7) is 4.59. The van der Waals surface area contributed by atoms with Gasteiger partial charge in [0.1, 0.15) is 17.3 Å². The lowest BCUT2D eigenvalue weighted by Gasteiger charge is -2.26. The summed E-state index contributed by atoms with van der Waals surface area (Å²) in [5.74, 6) is 1.79. The standard InChI is InChI=1S/C25H29N5/c1-3-10-19(11-4-1)18-22-28-24(26-14-9-17-30-15-7-2-8-16-30)23-20-12-5-6-13-21(20)27-25(23)29-22/h1,3-6,10-13H,2,7-9,14-18H2,(H2,26,27,28,29). The molecule has 0 radical (unpaired) electrons. The molecular weight excluding hydrogens is 370 g/mol. The summed E-state index contributed by atoms with van der Waals surface area (Å²) in [7, 11) is 0. The first kappa shape index (κ1) is 19.1. The Kier molecular flexibility index (Phi) is 5.62. The molecule has 1 aliphatic rings. The molecule has 0 bridgehead atoms. The predicted octanol–water partition coefficient (Wildman–Crippen LogP) is 4.99. The Morgan fingerprint density at radius 3 is 2.57 bits per heavy atom. The number of likely N-dealkylation sites (tertiary alicyclic amines) is 1. The van der Waals surface area contributed by atoms with Crippen LogP contribution in [0.3, 0.4) is 0 Å². The van der Waals surface area contributed by atoms with Crippen molar-refractivity contribution in [1.29, 1.82) is 0 Å². The molecule has 0 unspecified atom stereocenters. The molecule has 0 saturated carbocycles. The van der Waals surface area contributed by atoms with Crippen LogP contribution in [0.5, 0.6) is 0 Å². The molecule has 1 fully saturated rings. The van der Waals surface area contributed by atoms with Crippen LogP contribution in [0.2, 0.25) is 0 Å². The summed E-state index contributed by atoms with van der Waals surface area (Å²) in [4.78, 5) is 15.9. The van der Waals surface area contributed by atoms with Crippen LogP contribution in [-0.2, 0) is 6.42 Å². The van der Waals surface area contributed by atoms with E-state index < -0.39 is 0 Å². The van der Waals surface area contributed by atoms with Gasteiger partial charge in [0.05, 0.1) is 5.39 Å². The van der Waals surface area contributed by atoms with E-state index in [4.69, 9.17) is 9.97 Å². The minimum Gasteiger partial charge on any atom is -0.369 e. The number of hydrogen-bond acceptors (Lipinski definition) is 4. The number of aromatic nitrogens is 3. The zero-order valence-corrected chi connectivity index (χ0v) is 17.4. The average Bonchev–Trinajstić information content (AvgIpc) is 3.16. The van der Waals surface area contributed by atoms with E-state index in [0.29, 0.717) is 0 Å². The second-order valence-electron chi connectivity index (χ2n) is 8.23. The molecular formula is C25H29N5. The highest BCUT2D eigenvalue weighted by Gasteiger charge is 2.14. The molecule has 3 heterocycles. The van der Waals surface area contributed by atoms with Crippen LogP contribution < -0.4 is 5.32 Å². The third-order valence-electron chi connectivity index (χ3n) is 6.00. The monoisotopic (exact) mass is 399 g/mol. The van der Waals surface area contributed by atoms with Crippen LogP contribution in [-0.4, -0.2) is 46.0 Å². The van der Waals surface area contributed by atoms with Gasteiger partial charge in [-0.2, -0.15) is 0 Å². The lowest BCUT2D eigenvalue weighted by atomic mass is 10.1. The Morgan fingerprint density at radius 1 is 0.900 bits per heavy atom. The molecule has 0 amide bonds. The highest BCUT2D eigenvalue weighted by atomic mass is 15.1. The molecule has 5 nitrogen and oxygen atoms in total. The van der Waals surface area contributed by atoms with Gasteiger partial charge >= 0.3 is 0 Å². The van der Waals surface area contributed by atoms with Gasteiger partial charge in [-0.1, -0.05) is 55.0 Å². The number of fused-ring (bicyclic) bond motifs is 3. The van der Waals surface area contributed by atoms with Gasteiger partial charge < -0.3 is 15.2 Å². The fourth-order valence-electron chi connectivity index (χ4n) is 4.47. The van der Waals surface area contributed by atoms with Crippen LogP contribution in [0.25, 0.3) is 21.9 Å². The number of hydrogen-bond donors (Lipinski definition) is 2. The van der Waals surface area contributed by atoms with Crippen molar-refractivity contribution in [2.45, 2.75) is 32.1 Å². The molecule has 2 aromatic carbocycles. The number of rotatable bonds is 7. The molecule has 0 aliphatic carbocycles. The van der Waals surface area contributed by atoms with E-state index in [2.05, 4.69) is 63.7 Å². The molecule has 1 aliphatic heterocycles. The molecule has 4 aromatic rings. The maximum absolute atomic E-state index is 4.95. The molecule has 2 aromatic heterocycles. The molecule has 30 heavy (non-hydrogen) atoms. The van der Waals surface area contributed by atoms with Crippen LogP contribution in [0.4, 0.5) is 5.82 Å². The van der Waals surface area contributed by atoms with Gasteiger partial charge in [-0.3, -0.25) is 0 Å². The van der Waals surface area contributed by atoms with E-state index in [1.54, 1.807) is 0 Å². The number of nitrogens with one attached hydrogen (secondary N) is 2. The summed E-state index contributed by atoms with van der Waals surface area (Å²) < 4.78 is 0. The Morgan fingerprint density at radius 2 is 1.70 bits per heavy atom. The van der Waals surface area contributed by atoms with Gasteiger partial charge in [0, 0.05) is 23.9 Å². The number of para-hydroxylation sites is 1. The third kappa shape index (κ3) is 4.17. The Labute approximate surface area is 177 Å². The lowest BCUT2D eigenvalue weighted by Crippen LogP contribution is -2.31. The fourth-order valence-corrected chi connectivity index (χ4v) is 4.47. The first-order chi connectivity index (χ1) is 14.9. The largest absolute Gasteiger partial charge is 0.369 e. The van der Waals surface area contributed by atoms with Gasteiger partial charge in [-0.15, -0.1) is 0 Å². The van der Waals surface area contributed by atoms with Crippen LogP contribution in [0, 0.1) is 0 Å². The highest BCUT2D eigenvalue weighted by Crippen LogP contribution is 2.29. The van der Waals surface area contributed by atoms with Crippen molar-refractivity contribution in [3.63, 3.8) is 0 Å². The van der Waals surface area contributed by atoms with Crippen molar-refractivity contribution in [2.24, 2.45) is 0 Å². The molecule has 2 N–H and O–H groups in total. The van der Waals surface area contributed by atoms with Crippen LogP contribution >= 0.6 is 0 Å². The van der Waals surface area contributed by atoms with Gasteiger partial charge in [-0.05, 0) is 50.5 Å². The van der Waals surface area contributed by atoms with Crippen molar-refractivity contribution in [3.05, 3.63) is 66.0 Å². The number of aromatic amines is 1. The quantitative estimate of drug-likeness (QED) is 0.430. The number of H-pyrrole nitrogens is 1. The van der Waals surface area contributed by atoms with Gasteiger partial charge in [-0.25, -0.2) is 9.97 Å². The van der Waals surface area contributed by atoms with E-state index in [1.165, 1.54) is 43.3 Å². The van der Waals surface area contributed by atoms with Crippen LogP contribution in [0.1, 0.15) is 37.1 Å². The Bertz CT molecular complexity index is 1110. The maximum atomic E-state index is 4.95. The average molecular weight is 400 g/mol. The molecule has 0 spiro atoms. The topological polar surface area (TPSA) is 56.8 Å². The summed E-state index contributed by atoms with van der Waals surface area (Å²) in [6, 6.07) is 18.8.